The number of carbonyl (C=O) groups is 1. The molecule has 2 atom stereocenters. The number of pyridine rings is 1. The Bertz CT molecular complexity index is 556. The van der Waals surface area contributed by atoms with Gasteiger partial charge < -0.3 is 14.5 Å². The van der Waals surface area contributed by atoms with Crippen LogP contribution >= 0.6 is 11.6 Å². The molecule has 3 heterocycles. The van der Waals surface area contributed by atoms with Gasteiger partial charge in [-0.25, -0.2) is 9.78 Å². The first-order chi connectivity index (χ1) is 10.3. The minimum absolute atomic E-state index is 0.198. The van der Waals surface area contributed by atoms with Gasteiger partial charge in [-0.15, -0.1) is 0 Å². The van der Waals surface area contributed by atoms with E-state index in [0.29, 0.717) is 11.1 Å². The van der Waals surface area contributed by atoms with Crippen LogP contribution in [0.4, 0.5) is 10.5 Å². The average molecular weight is 324 g/mol. The van der Waals surface area contributed by atoms with E-state index in [1.807, 2.05) is 31.7 Å². The van der Waals surface area contributed by atoms with E-state index in [1.165, 1.54) is 0 Å². The Morgan fingerprint density at radius 3 is 2.77 bits per heavy atom. The molecule has 22 heavy (non-hydrogen) atoms. The zero-order valence-corrected chi connectivity index (χ0v) is 14.0. The van der Waals surface area contributed by atoms with E-state index in [-0.39, 0.29) is 12.1 Å². The SMILES string of the molecule is CC(C)(C)OC(=O)N1CC[C@@H]2CN(c3ccc(Cl)nc3)C[C@@H]21. The van der Waals surface area contributed by atoms with Crippen molar-refractivity contribution in [1.82, 2.24) is 9.88 Å². The highest BCUT2D eigenvalue weighted by Gasteiger charge is 2.44. The highest BCUT2D eigenvalue weighted by atomic mass is 35.5. The van der Waals surface area contributed by atoms with E-state index in [0.717, 1.165) is 31.7 Å². The molecule has 3 rings (SSSR count). The second-order valence-corrected chi connectivity index (χ2v) is 7.42. The van der Waals surface area contributed by atoms with Crippen molar-refractivity contribution < 1.29 is 9.53 Å². The second kappa shape index (κ2) is 5.61. The van der Waals surface area contributed by atoms with Gasteiger partial charge in [0.2, 0.25) is 0 Å². The number of hydrogen-bond acceptors (Lipinski definition) is 4. The first kappa shape index (κ1) is 15.4. The Balaban J connectivity index is 1.68. The van der Waals surface area contributed by atoms with Gasteiger partial charge in [0.15, 0.2) is 0 Å². The topological polar surface area (TPSA) is 45.7 Å². The number of fused-ring (bicyclic) bond motifs is 1. The molecule has 1 aromatic rings. The van der Waals surface area contributed by atoms with Crippen LogP contribution in [0.5, 0.6) is 0 Å². The summed E-state index contributed by atoms with van der Waals surface area (Å²) < 4.78 is 5.53. The standard InChI is InChI=1S/C16H22ClN3O2/c1-16(2,3)22-15(21)20-7-6-11-9-19(10-13(11)20)12-4-5-14(17)18-8-12/h4-5,8,11,13H,6-7,9-10H2,1-3H3/t11-,13+/m1/s1. The van der Waals surface area contributed by atoms with Gasteiger partial charge >= 0.3 is 6.09 Å². The van der Waals surface area contributed by atoms with Crippen LogP contribution in [0.1, 0.15) is 27.2 Å². The average Bonchev–Trinajstić information content (AvgIpc) is 2.96. The van der Waals surface area contributed by atoms with E-state index in [9.17, 15) is 4.79 Å². The largest absolute Gasteiger partial charge is 0.444 e. The van der Waals surface area contributed by atoms with E-state index in [4.69, 9.17) is 16.3 Å². The summed E-state index contributed by atoms with van der Waals surface area (Å²) in [5, 5.41) is 0.499. The lowest BCUT2D eigenvalue weighted by Crippen LogP contribution is -2.42. The van der Waals surface area contributed by atoms with E-state index in [2.05, 4.69) is 9.88 Å². The zero-order valence-electron chi connectivity index (χ0n) is 13.3. The van der Waals surface area contributed by atoms with Crippen molar-refractivity contribution >= 4 is 23.4 Å². The van der Waals surface area contributed by atoms with Crippen LogP contribution in [0.15, 0.2) is 18.3 Å². The molecular weight excluding hydrogens is 302 g/mol. The minimum Gasteiger partial charge on any atom is -0.444 e. The Morgan fingerprint density at radius 2 is 2.14 bits per heavy atom. The van der Waals surface area contributed by atoms with Crippen LogP contribution in [0.3, 0.4) is 0 Å². The Morgan fingerprint density at radius 1 is 1.36 bits per heavy atom. The van der Waals surface area contributed by atoms with Crippen LogP contribution < -0.4 is 4.90 Å². The summed E-state index contributed by atoms with van der Waals surface area (Å²) in [7, 11) is 0. The molecule has 2 aliphatic heterocycles. The van der Waals surface area contributed by atoms with Gasteiger partial charge in [-0.2, -0.15) is 0 Å². The van der Waals surface area contributed by atoms with Crippen molar-refractivity contribution in [3.63, 3.8) is 0 Å². The smallest absolute Gasteiger partial charge is 0.410 e. The Kier molecular flexibility index (Phi) is 3.93. The summed E-state index contributed by atoms with van der Waals surface area (Å²) in [6.07, 6.45) is 2.62. The first-order valence-corrected chi connectivity index (χ1v) is 8.07. The number of anilines is 1. The van der Waals surface area contributed by atoms with Crippen LogP contribution in [0.25, 0.3) is 0 Å². The van der Waals surface area contributed by atoms with E-state index >= 15 is 0 Å². The third-order valence-electron chi connectivity index (χ3n) is 4.25. The van der Waals surface area contributed by atoms with E-state index < -0.39 is 5.60 Å². The molecule has 0 saturated carbocycles. The van der Waals surface area contributed by atoms with Gasteiger partial charge in [0.25, 0.3) is 0 Å². The quantitative estimate of drug-likeness (QED) is 0.745. The van der Waals surface area contributed by atoms with Gasteiger partial charge in [-0.3, -0.25) is 0 Å². The minimum atomic E-state index is -0.451. The molecule has 2 saturated heterocycles. The number of rotatable bonds is 1. The number of ether oxygens (including phenoxy) is 1. The van der Waals surface area contributed by atoms with Crippen molar-refractivity contribution in [3.05, 3.63) is 23.5 Å². The lowest BCUT2D eigenvalue weighted by molar-refractivity contribution is 0.0229. The van der Waals surface area contributed by atoms with Gasteiger partial charge in [0, 0.05) is 25.6 Å². The molecule has 0 unspecified atom stereocenters. The van der Waals surface area contributed by atoms with Crippen molar-refractivity contribution in [1.29, 1.82) is 0 Å². The normalized spacial score (nSPS) is 24.5. The maximum atomic E-state index is 12.3. The number of carbonyl (C=O) groups excluding carboxylic acids is 1. The summed E-state index contributed by atoms with van der Waals surface area (Å²) in [6, 6.07) is 4.01. The summed E-state index contributed by atoms with van der Waals surface area (Å²) in [5.41, 5.74) is 0.607. The third kappa shape index (κ3) is 3.14. The number of halogens is 1. The third-order valence-corrected chi connectivity index (χ3v) is 4.48. The first-order valence-electron chi connectivity index (χ1n) is 7.69. The summed E-state index contributed by atoms with van der Waals surface area (Å²) >= 11 is 5.84. The van der Waals surface area contributed by atoms with E-state index in [1.54, 1.807) is 12.3 Å². The van der Waals surface area contributed by atoms with Gasteiger partial charge in [0.05, 0.1) is 17.9 Å². The molecule has 0 spiro atoms. The molecule has 0 bridgehead atoms. The number of hydrogen-bond donors (Lipinski definition) is 0. The molecule has 1 aromatic heterocycles. The van der Waals surface area contributed by atoms with Crippen LogP contribution in [-0.2, 0) is 4.74 Å². The van der Waals surface area contributed by atoms with Gasteiger partial charge in [0.1, 0.15) is 10.8 Å². The monoisotopic (exact) mass is 323 g/mol. The van der Waals surface area contributed by atoms with Crippen LogP contribution in [0.2, 0.25) is 5.15 Å². The predicted octanol–water partition coefficient (Wildman–Crippen LogP) is 3.18. The van der Waals surface area contributed by atoms with Crippen molar-refractivity contribution in [2.75, 3.05) is 24.5 Å². The molecule has 0 N–H and O–H groups in total. The highest BCUT2D eigenvalue weighted by Crippen LogP contribution is 2.34. The zero-order chi connectivity index (χ0) is 15.9. The summed E-state index contributed by atoms with van der Waals surface area (Å²) in [6.45, 7) is 8.27. The lowest BCUT2D eigenvalue weighted by atomic mass is 10.1. The summed E-state index contributed by atoms with van der Waals surface area (Å²) in [4.78, 5) is 20.6. The van der Waals surface area contributed by atoms with Crippen molar-refractivity contribution in [2.24, 2.45) is 5.92 Å². The van der Waals surface area contributed by atoms with Gasteiger partial charge in [-0.1, -0.05) is 11.6 Å². The fourth-order valence-electron chi connectivity index (χ4n) is 3.27. The van der Waals surface area contributed by atoms with Crippen molar-refractivity contribution in [3.8, 4) is 0 Å². The second-order valence-electron chi connectivity index (χ2n) is 7.03. The molecule has 6 heteroatoms. The molecule has 0 aliphatic carbocycles. The molecule has 120 valence electrons. The van der Waals surface area contributed by atoms with Crippen molar-refractivity contribution in [2.45, 2.75) is 38.8 Å². The van der Waals surface area contributed by atoms with Crippen LogP contribution in [-0.4, -0.2) is 47.3 Å². The van der Waals surface area contributed by atoms with Gasteiger partial charge in [-0.05, 0) is 39.3 Å². The number of aromatic nitrogens is 1. The molecule has 0 aromatic carbocycles. The predicted molar refractivity (Wildman–Crippen MR) is 86.3 cm³/mol. The molecule has 5 nitrogen and oxygen atoms in total. The fourth-order valence-corrected chi connectivity index (χ4v) is 3.39. The Labute approximate surface area is 136 Å². The number of amides is 1. The molecule has 0 radical (unpaired) electrons. The lowest BCUT2D eigenvalue weighted by Gasteiger charge is -2.28. The number of likely N-dealkylation sites (tertiary alicyclic amines) is 1. The maximum Gasteiger partial charge on any atom is 0.410 e. The maximum absolute atomic E-state index is 12.3. The Hall–Kier alpha value is -1.49. The number of nitrogens with zero attached hydrogens (tertiary/aromatic N) is 3. The highest BCUT2D eigenvalue weighted by molar-refractivity contribution is 6.29. The summed E-state index contributed by atoms with van der Waals surface area (Å²) in [5.74, 6) is 0.503. The fraction of sp³-hybridized carbons (Fsp3) is 0.625. The molecule has 1 amide bonds. The molecular formula is C16H22ClN3O2. The van der Waals surface area contributed by atoms with Crippen LogP contribution in [0, 0.1) is 5.92 Å². The molecule has 2 aliphatic rings. The molecule has 2 fully saturated rings.